The summed E-state index contributed by atoms with van der Waals surface area (Å²) in [6.45, 7) is 1.71. The van der Waals surface area contributed by atoms with Gasteiger partial charge in [0.15, 0.2) is 6.61 Å². The molecule has 0 aromatic heterocycles. The average molecular weight is 568 g/mol. The van der Waals surface area contributed by atoms with E-state index in [2.05, 4.69) is 41.9 Å². The van der Waals surface area contributed by atoms with Gasteiger partial charge in [-0.15, -0.1) is 0 Å². The molecule has 0 saturated heterocycles. The van der Waals surface area contributed by atoms with Gasteiger partial charge in [-0.25, -0.2) is 8.42 Å². The first-order valence-corrected chi connectivity index (χ1v) is 12.4. The number of carbonyl (C=O) groups excluding carboxylic acids is 1. The Morgan fingerprint density at radius 3 is 2.03 bits per heavy atom. The van der Waals surface area contributed by atoms with Crippen molar-refractivity contribution < 1.29 is 17.9 Å². The topological polar surface area (TPSA) is 84.5 Å². The van der Waals surface area contributed by atoms with Gasteiger partial charge in [0.05, 0.1) is 10.9 Å². The highest BCUT2D eigenvalue weighted by Crippen LogP contribution is 2.21. The Balaban J connectivity index is 1.54. The molecule has 0 unspecified atom stereocenters. The summed E-state index contributed by atoms with van der Waals surface area (Å²) in [5.74, 6) is 0.123. The number of hydrogen-bond donors (Lipinski definition) is 2. The molecule has 6 nitrogen and oxygen atoms in total. The minimum Gasteiger partial charge on any atom is -0.484 e. The normalized spacial score (nSPS) is 12.1. The van der Waals surface area contributed by atoms with E-state index in [1.54, 1.807) is 24.3 Å². The molecule has 0 fully saturated rings. The highest BCUT2D eigenvalue weighted by Gasteiger charge is 2.15. The van der Waals surface area contributed by atoms with Crippen molar-refractivity contribution in [2.45, 2.75) is 17.9 Å². The van der Waals surface area contributed by atoms with E-state index in [-0.39, 0.29) is 23.5 Å². The van der Waals surface area contributed by atoms with Crippen LogP contribution >= 0.6 is 31.9 Å². The third-order valence-corrected chi connectivity index (χ3v) is 6.80. The molecule has 0 saturated carbocycles. The lowest BCUT2D eigenvalue weighted by Crippen LogP contribution is -2.31. The summed E-state index contributed by atoms with van der Waals surface area (Å²) in [4.78, 5) is 12.3. The molecule has 0 aliphatic rings. The Kier molecular flexibility index (Phi) is 7.74. The van der Waals surface area contributed by atoms with Crippen LogP contribution in [-0.2, 0) is 14.8 Å². The van der Waals surface area contributed by atoms with Crippen molar-refractivity contribution in [3.63, 3.8) is 0 Å². The van der Waals surface area contributed by atoms with Crippen molar-refractivity contribution in [3.8, 4) is 5.75 Å². The lowest BCUT2D eigenvalue weighted by atomic mass is 10.1. The molecule has 0 heterocycles. The number of carbonyl (C=O) groups is 1. The standard InChI is InChI=1S/C22H20Br2N2O4S/c1-15(16-2-4-17(23)5-3-16)25-22(27)14-30-20-10-12-21(13-11-20)31(28,29)26-19-8-6-18(24)7-9-19/h2-13,15,26H,14H2,1H3,(H,25,27)/t15-/m0/s1. The van der Waals surface area contributed by atoms with Crippen LogP contribution in [-0.4, -0.2) is 20.9 Å². The van der Waals surface area contributed by atoms with E-state index in [0.717, 1.165) is 14.5 Å². The molecule has 0 aliphatic carbocycles. The number of rotatable bonds is 8. The summed E-state index contributed by atoms with van der Waals surface area (Å²) in [5, 5.41) is 2.86. The van der Waals surface area contributed by atoms with Crippen LogP contribution in [0, 0.1) is 0 Å². The molecule has 3 aromatic rings. The summed E-state index contributed by atoms with van der Waals surface area (Å²) < 4.78 is 34.8. The molecule has 31 heavy (non-hydrogen) atoms. The van der Waals surface area contributed by atoms with Crippen LogP contribution in [0.2, 0.25) is 0 Å². The molecule has 0 spiro atoms. The van der Waals surface area contributed by atoms with Crippen molar-refractivity contribution >= 4 is 53.5 Å². The first kappa shape index (κ1) is 23.3. The molecule has 0 bridgehead atoms. The first-order valence-electron chi connectivity index (χ1n) is 9.29. The van der Waals surface area contributed by atoms with Gasteiger partial charge in [-0.1, -0.05) is 44.0 Å². The monoisotopic (exact) mass is 566 g/mol. The van der Waals surface area contributed by atoms with Crippen LogP contribution in [0.25, 0.3) is 0 Å². The molecule has 9 heteroatoms. The third-order valence-electron chi connectivity index (χ3n) is 4.35. The molecule has 0 aliphatic heterocycles. The number of benzene rings is 3. The van der Waals surface area contributed by atoms with E-state index in [4.69, 9.17) is 4.74 Å². The number of hydrogen-bond acceptors (Lipinski definition) is 4. The molecule has 3 rings (SSSR count). The van der Waals surface area contributed by atoms with Gasteiger partial charge in [0.25, 0.3) is 15.9 Å². The van der Waals surface area contributed by atoms with Crippen LogP contribution in [0.4, 0.5) is 5.69 Å². The SMILES string of the molecule is C[C@H](NC(=O)COc1ccc(S(=O)(=O)Nc2ccc(Br)cc2)cc1)c1ccc(Br)cc1. The molecule has 1 atom stereocenters. The van der Waals surface area contributed by atoms with Crippen LogP contribution in [0.1, 0.15) is 18.5 Å². The van der Waals surface area contributed by atoms with Gasteiger partial charge in [0, 0.05) is 14.6 Å². The Morgan fingerprint density at radius 2 is 1.45 bits per heavy atom. The minimum absolute atomic E-state index is 0.0936. The van der Waals surface area contributed by atoms with Gasteiger partial charge in [0.1, 0.15) is 5.75 Å². The highest BCUT2D eigenvalue weighted by molar-refractivity contribution is 9.10. The second-order valence-electron chi connectivity index (χ2n) is 6.71. The number of nitrogens with one attached hydrogen (secondary N) is 2. The molecular weight excluding hydrogens is 548 g/mol. The van der Waals surface area contributed by atoms with Gasteiger partial charge in [-0.05, 0) is 73.2 Å². The Morgan fingerprint density at radius 1 is 0.903 bits per heavy atom. The lowest BCUT2D eigenvalue weighted by Gasteiger charge is -2.15. The fourth-order valence-electron chi connectivity index (χ4n) is 2.71. The molecule has 1 amide bonds. The van der Waals surface area contributed by atoms with Gasteiger partial charge >= 0.3 is 0 Å². The van der Waals surface area contributed by atoms with Gasteiger partial charge in [-0.3, -0.25) is 9.52 Å². The highest BCUT2D eigenvalue weighted by atomic mass is 79.9. The maximum Gasteiger partial charge on any atom is 0.261 e. The number of amides is 1. The largest absolute Gasteiger partial charge is 0.484 e. The summed E-state index contributed by atoms with van der Waals surface area (Å²) in [5.41, 5.74) is 1.43. The van der Waals surface area contributed by atoms with E-state index in [1.807, 2.05) is 31.2 Å². The molecule has 0 radical (unpaired) electrons. The van der Waals surface area contributed by atoms with Crippen molar-refractivity contribution in [1.82, 2.24) is 5.32 Å². The zero-order chi connectivity index (χ0) is 22.4. The zero-order valence-electron chi connectivity index (χ0n) is 16.5. The van der Waals surface area contributed by atoms with Crippen molar-refractivity contribution in [3.05, 3.63) is 87.3 Å². The second kappa shape index (κ2) is 10.3. The smallest absolute Gasteiger partial charge is 0.261 e. The molecule has 3 aromatic carbocycles. The van der Waals surface area contributed by atoms with Gasteiger partial charge in [-0.2, -0.15) is 0 Å². The minimum atomic E-state index is -3.73. The molecule has 2 N–H and O–H groups in total. The van der Waals surface area contributed by atoms with Crippen LogP contribution in [0.3, 0.4) is 0 Å². The third kappa shape index (κ3) is 6.81. The number of sulfonamides is 1. The zero-order valence-corrected chi connectivity index (χ0v) is 20.5. The van der Waals surface area contributed by atoms with Crippen LogP contribution < -0.4 is 14.8 Å². The van der Waals surface area contributed by atoms with Crippen molar-refractivity contribution in [2.75, 3.05) is 11.3 Å². The predicted molar refractivity (Wildman–Crippen MR) is 128 cm³/mol. The van der Waals surface area contributed by atoms with E-state index < -0.39 is 10.0 Å². The Labute approximate surface area is 198 Å². The summed E-state index contributed by atoms with van der Waals surface area (Å²) in [6, 6.07) is 20.2. The lowest BCUT2D eigenvalue weighted by molar-refractivity contribution is -0.123. The van der Waals surface area contributed by atoms with Crippen LogP contribution in [0.15, 0.2) is 86.6 Å². The maximum absolute atomic E-state index is 12.5. The van der Waals surface area contributed by atoms with Gasteiger partial charge in [0.2, 0.25) is 0 Å². The van der Waals surface area contributed by atoms with Crippen molar-refractivity contribution in [2.24, 2.45) is 0 Å². The summed E-state index contributed by atoms with van der Waals surface area (Å²) in [7, 11) is -3.73. The fraction of sp³-hybridized carbons (Fsp3) is 0.136. The Bertz CT molecular complexity index is 1130. The van der Waals surface area contributed by atoms with E-state index >= 15 is 0 Å². The summed E-state index contributed by atoms with van der Waals surface area (Å²) >= 11 is 6.69. The second-order valence-corrected chi connectivity index (χ2v) is 10.2. The Hall–Kier alpha value is -2.36. The van der Waals surface area contributed by atoms with E-state index in [9.17, 15) is 13.2 Å². The van der Waals surface area contributed by atoms with E-state index in [1.165, 1.54) is 24.3 Å². The fourth-order valence-corrected chi connectivity index (χ4v) is 4.30. The maximum atomic E-state index is 12.5. The first-order chi connectivity index (χ1) is 14.7. The molecule has 162 valence electrons. The number of anilines is 1. The average Bonchev–Trinajstić information content (AvgIpc) is 2.74. The number of ether oxygens (including phenoxy) is 1. The van der Waals surface area contributed by atoms with Crippen LogP contribution in [0.5, 0.6) is 5.75 Å². The molecular formula is C22H20Br2N2O4S. The summed E-state index contributed by atoms with van der Waals surface area (Å²) in [6.07, 6.45) is 0. The van der Waals surface area contributed by atoms with E-state index in [0.29, 0.717) is 11.4 Å². The van der Waals surface area contributed by atoms with Crippen molar-refractivity contribution in [1.29, 1.82) is 0 Å². The number of halogens is 2. The predicted octanol–water partition coefficient (Wildman–Crippen LogP) is 5.27. The quantitative estimate of drug-likeness (QED) is 0.388. The van der Waals surface area contributed by atoms with Gasteiger partial charge < -0.3 is 10.1 Å².